The Morgan fingerprint density at radius 1 is 1.13 bits per heavy atom. The van der Waals surface area contributed by atoms with Crippen LogP contribution in [0.2, 0.25) is 0 Å². The first-order valence-electron chi connectivity index (χ1n) is 11.7. The van der Waals surface area contributed by atoms with Gasteiger partial charge in [-0.05, 0) is 65.5 Å². The SMILES string of the molecule is CCCCN(C(=O)CCCc1nc2ccccc2c(=O)[nH]1)C1CC(C)(C)NC(C)(C)C1. The van der Waals surface area contributed by atoms with E-state index in [9.17, 15) is 9.59 Å². The number of piperidine rings is 1. The minimum atomic E-state index is -0.115. The number of para-hydroxylation sites is 1. The number of H-pyrrole nitrogens is 1. The number of rotatable bonds is 8. The number of nitrogens with zero attached hydrogens (tertiary/aromatic N) is 2. The molecule has 6 heteroatoms. The quantitative estimate of drug-likeness (QED) is 0.664. The van der Waals surface area contributed by atoms with Crippen molar-refractivity contribution in [2.24, 2.45) is 0 Å². The number of aromatic amines is 1. The highest BCUT2D eigenvalue weighted by atomic mass is 16.2. The highest BCUT2D eigenvalue weighted by molar-refractivity contribution is 5.77. The number of unbranched alkanes of at least 4 members (excludes halogenated alkanes) is 1. The summed E-state index contributed by atoms with van der Waals surface area (Å²) >= 11 is 0. The third-order valence-corrected chi connectivity index (χ3v) is 6.15. The van der Waals surface area contributed by atoms with Crippen molar-refractivity contribution in [3.63, 3.8) is 0 Å². The molecule has 2 heterocycles. The maximum absolute atomic E-state index is 13.3. The second-order valence-electron chi connectivity index (χ2n) is 10.3. The number of carbonyl (C=O) groups excluding carboxylic acids is 1. The zero-order valence-electron chi connectivity index (χ0n) is 19.8. The van der Waals surface area contributed by atoms with Crippen LogP contribution in [0.1, 0.15) is 79.0 Å². The molecule has 2 aromatic rings. The van der Waals surface area contributed by atoms with E-state index in [-0.39, 0.29) is 28.6 Å². The van der Waals surface area contributed by atoms with Gasteiger partial charge in [0.15, 0.2) is 0 Å². The molecule has 0 saturated carbocycles. The third-order valence-electron chi connectivity index (χ3n) is 6.15. The van der Waals surface area contributed by atoms with Crippen molar-refractivity contribution < 1.29 is 4.79 Å². The molecule has 0 radical (unpaired) electrons. The van der Waals surface area contributed by atoms with Crippen molar-refractivity contribution in [3.8, 4) is 0 Å². The van der Waals surface area contributed by atoms with Gasteiger partial charge in [0.25, 0.3) is 5.56 Å². The highest BCUT2D eigenvalue weighted by Crippen LogP contribution is 2.32. The van der Waals surface area contributed by atoms with Gasteiger partial charge in [-0.3, -0.25) is 9.59 Å². The first kappa shape index (κ1) is 23.5. The number of aryl methyl sites for hydroxylation is 1. The molecule has 2 N–H and O–H groups in total. The van der Waals surface area contributed by atoms with Gasteiger partial charge in [0.1, 0.15) is 5.82 Å². The van der Waals surface area contributed by atoms with Crippen molar-refractivity contribution in [1.29, 1.82) is 0 Å². The van der Waals surface area contributed by atoms with E-state index in [1.54, 1.807) is 6.07 Å². The van der Waals surface area contributed by atoms with Crippen LogP contribution in [0.3, 0.4) is 0 Å². The van der Waals surface area contributed by atoms with E-state index in [0.29, 0.717) is 36.0 Å². The molecule has 0 spiro atoms. The molecule has 1 saturated heterocycles. The third kappa shape index (κ3) is 6.16. The molecule has 1 fully saturated rings. The highest BCUT2D eigenvalue weighted by Gasteiger charge is 2.40. The predicted octanol–water partition coefficient (Wildman–Crippen LogP) is 4.18. The topological polar surface area (TPSA) is 78.1 Å². The van der Waals surface area contributed by atoms with Gasteiger partial charge in [0, 0.05) is 36.5 Å². The summed E-state index contributed by atoms with van der Waals surface area (Å²) in [5.41, 5.74) is 0.601. The largest absolute Gasteiger partial charge is 0.340 e. The van der Waals surface area contributed by atoms with Crippen LogP contribution in [0.25, 0.3) is 10.9 Å². The average molecular weight is 427 g/mol. The molecule has 0 atom stereocenters. The zero-order valence-corrected chi connectivity index (χ0v) is 19.8. The Balaban J connectivity index is 1.66. The summed E-state index contributed by atoms with van der Waals surface area (Å²) in [6, 6.07) is 7.61. The number of amides is 1. The maximum atomic E-state index is 13.3. The molecule has 0 unspecified atom stereocenters. The van der Waals surface area contributed by atoms with Crippen LogP contribution < -0.4 is 10.9 Å². The van der Waals surface area contributed by atoms with E-state index >= 15 is 0 Å². The lowest BCUT2D eigenvalue weighted by Crippen LogP contribution is -2.62. The molecule has 0 aliphatic carbocycles. The van der Waals surface area contributed by atoms with Crippen molar-refractivity contribution >= 4 is 16.8 Å². The molecule has 1 aliphatic heterocycles. The van der Waals surface area contributed by atoms with Crippen LogP contribution in [0.5, 0.6) is 0 Å². The summed E-state index contributed by atoms with van der Waals surface area (Å²) in [5, 5.41) is 4.32. The summed E-state index contributed by atoms with van der Waals surface area (Å²) in [6.07, 6.45) is 5.78. The molecular weight excluding hydrogens is 388 g/mol. The van der Waals surface area contributed by atoms with Crippen LogP contribution in [0.15, 0.2) is 29.1 Å². The summed E-state index contributed by atoms with van der Waals surface area (Å²) in [4.78, 5) is 35.1. The summed E-state index contributed by atoms with van der Waals surface area (Å²) in [5.74, 6) is 0.871. The van der Waals surface area contributed by atoms with E-state index in [2.05, 4.69) is 54.8 Å². The van der Waals surface area contributed by atoms with Crippen molar-refractivity contribution in [1.82, 2.24) is 20.2 Å². The Hall–Kier alpha value is -2.21. The summed E-state index contributed by atoms with van der Waals surface area (Å²) in [6.45, 7) is 11.9. The first-order chi connectivity index (χ1) is 14.6. The van der Waals surface area contributed by atoms with E-state index in [0.717, 1.165) is 32.2 Å². The molecular formula is C25H38N4O2. The van der Waals surface area contributed by atoms with Gasteiger partial charge in [-0.15, -0.1) is 0 Å². The Bertz CT molecular complexity index is 947. The van der Waals surface area contributed by atoms with Crippen molar-refractivity contribution in [2.75, 3.05) is 6.54 Å². The van der Waals surface area contributed by atoms with E-state index < -0.39 is 0 Å². The fourth-order valence-corrected chi connectivity index (χ4v) is 5.13. The Morgan fingerprint density at radius 2 is 1.81 bits per heavy atom. The lowest BCUT2D eigenvalue weighted by Gasteiger charge is -2.49. The predicted molar refractivity (Wildman–Crippen MR) is 126 cm³/mol. The van der Waals surface area contributed by atoms with Gasteiger partial charge in [0.05, 0.1) is 10.9 Å². The van der Waals surface area contributed by atoms with E-state index in [1.165, 1.54) is 0 Å². The number of nitrogens with one attached hydrogen (secondary N) is 2. The number of fused-ring (bicyclic) bond motifs is 1. The second kappa shape index (κ2) is 9.51. The molecule has 0 bridgehead atoms. The minimum Gasteiger partial charge on any atom is -0.340 e. The van der Waals surface area contributed by atoms with Gasteiger partial charge in [0.2, 0.25) is 5.91 Å². The minimum absolute atomic E-state index is 0.00562. The molecule has 1 aromatic carbocycles. The lowest BCUT2D eigenvalue weighted by atomic mass is 9.79. The lowest BCUT2D eigenvalue weighted by molar-refractivity contribution is -0.135. The summed E-state index contributed by atoms with van der Waals surface area (Å²) < 4.78 is 0. The Labute approximate surface area is 185 Å². The Kier molecular flexibility index (Phi) is 7.20. The van der Waals surface area contributed by atoms with Gasteiger partial charge in [-0.2, -0.15) is 0 Å². The number of hydrogen-bond acceptors (Lipinski definition) is 4. The van der Waals surface area contributed by atoms with Crippen LogP contribution >= 0.6 is 0 Å². The van der Waals surface area contributed by atoms with Crippen molar-refractivity contribution in [3.05, 3.63) is 40.4 Å². The Morgan fingerprint density at radius 3 is 2.48 bits per heavy atom. The smallest absolute Gasteiger partial charge is 0.258 e. The molecule has 1 aromatic heterocycles. The zero-order chi connectivity index (χ0) is 22.6. The monoisotopic (exact) mass is 426 g/mol. The normalized spacial score (nSPS) is 18.2. The molecule has 31 heavy (non-hydrogen) atoms. The molecule has 3 rings (SSSR count). The van der Waals surface area contributed by atoms with Crippen LogP contribution in [-0.4, -0.2) is 44.4 Å². The van der Waals surface area contributed by atoms with Crippen LogP contribution in [0.4, 0.5) is 0 Å². The van der Waals surface area contributed by atoms with E-state index in [1.807, 2.05) is 18.2 Å². The summed E-state index contributed by atoms with van der Waals surface area (Å²) in [7, 11) is 0. The molecule has 1 aliphatic rings. The van der Waals surface area contributed by atoms with Gasteiger partial charge >= 0.3 is 0 Å². The van der Waals surface area contributed by atoms with Crippen molar-refractivity contribution in [2.45, 2.75) is 96.7 Å². The van der Waals surface area contributed by atoms with Gasteiger partial charge in [-0.25, -0.2) is 4.98 Å². The molecule has 170 valence electrons. The molecule has 1 amide bonds. The number of hydrogen-bond donors (Lipinski definition) is 2. The second-order valence-corrected chi connectivity index (χ2v) is 10.3. The first-order valence-corrected chi connectivity index (χ1v) is 11.7. The van der Waals surface area contributed by atoms with Gasteiger partial charge in [-0.1, -0.05) is 25.5 Å². The maximum Gasteiger partial charge on any atom is 0.258 e. The average Bonchev–Trinajstić information content (AvgIpc) is 2.66. The standard InChI is InChI=1S/C25H38N4O2/c1-6-7-15-29(18-16-24(2,3)28-25(4,5)17-18)22(30)14-10-13-21-26-20-12-9-8-11-19(20)23(31)27-21/h8-9,11-12,18,28H,6-7,10,13-17H2,1-5H3,(H,26,27,31). The number of benzene rings is 1. The van der Waals surface area contributed by atoms with E-state index in [4.69, 9.17) is 0 Å². The number of carbonyl (C=O) groups is 1. The number of aromatic nitrogens is 2. The fourth-order valence-electron chi connectivity index (χ4n) is 5.13. The van der Waals surface area contributed by atoms with Crippen LogP contribution in [0, 0.1) is 0 Å². The fraction of sp³-hybridized carbons (Fsp3) is 0.640. The van der Waals surface area contributed by atoms with Gasteiger partial charge < -0.3 is 15.2 Å². The van der Waals surface area contributed by atoms with Crippen LogP contribution in [-0.2, 0) is 11.2 Å². The molecule has 6 nitrogen and oxygen atoms in total.